The first-order chi connectivity index (χ1) is 10.9. The zero-order valence-electron chi connectivity index (χ0n) is 12.8. The Morgan fingerprint density at radius 3 is 2.35 bits per heavy atom. The Hall–Kier alpha value is -3.15. The smallest absolute Gasteiger partial charge is 0.316 e. The van der Waals surface area contributed by atoms with Crippen molar-refractivity contribution in [3.8, 4) is 0 Å². The van der Waals surface area contributed by atoms with Gasteiger partial charge in [-0.1, -0.05) is 24.3 Å². The molecule has 0 aromatic heterocycles. The van der Waals surface area contributed by atoms with Gasteiger partial charge in [-0.15, -0.1) is 0 Å². The highest BCUT2D eigenvalue weighted by Crippen LogP contribution is 2.16. The summed E-state index contributed by atoms with van der Waals surface area (Å²) in [6.45, 7) is 3.68. The minimum Gasteiger partial charge on any atom is -0.398 e. The van der Waals surface area contributed by atoms with Crippen LogP contribution in [-0.4, -0.2) is 17.7 Å². The van der Waals surface area contributed by atoms with Crippen molar-refractivity contribution in [1.82, 2.24) is 5.32 Å². The molecule has 0 bridgehead atoms. The molecule has 23 heavy (non-hydrogen) atoms. The van der Waals surface area contributed by atoms with E-state index in [1.54, 1.807) is 18.2 Å². The van der Waals surface area contributed by atoms with Gasteiger partial charge in [0.15, 0.2) is 0 Å². The van der Waals surface area contributed by atoms with Crippen molar-refractivity contribution in [3.63, 3.8) is 0 Å². The standard InChI is InChI=1S/C17H17N3O3/c1-10-7-8-11(2)14(9-10)19-16(22)17(23)20-15(21)12-5-3-4-6-13(12)18/h3-9H,18H2,1-2H3,(H,19,22)(H,20,21,23). The van der Waals surface area contributed by atoms with Crippen LogP contribution in [0.1, 0.15) is 21.5 Å². The molecule has 4 N–H and O–H groups in total. The van der Waals surface area contributed by atoms with Crippen LogP contribution in [-0.2, 0) is 9.59 Å². The second kappa shape index (κ2) is 6.74. The van der Waals surface area contributed by atoms with Crippen LogP contribution in [0.3, 0.4) is 0 Å². The predicted molar refractivity (Wildman–Crippen MR) is 87.9 cm³/mol. The summed E-state index contributed by atoms with van der Waals surface area (Å²) < 4.78 is 0. The van der Waals surface area contributed by atoms with Gasteiger partial charge in [-0.3, -0.25) is 19.7 Å². The summed E-state index contributed by atoms with van der Waals surface area (Å²) in [5.74, 6) is -2.68. The van der Waals surface area contributed by atoms with Crippen LogP contribution in [0.2, 0.25) is 0 Å². The molecule has 2 aromatic carbocycles. The zero-order chi connectivity index (χ0) is 17.0. The summed E-state index contributed by atoms with van der Waals surface area (Å²) in [5.41, 5.74) is 8.31. The number of hydrogen-bond donors (Lipinski definition) is 3. The number of benzene rings is 2. The summed E-state index contributed by atoms with van der Waals surface area (Å²) in [7, 11) is 0. The topological polar surface area (TPSA) is 101 Å². The van der Waals surface area contributed by atoms with Gasteiger partial charge >= 0.3 is 11.8 Å². The molecule has 118 valence electrons. The minimum absolute atomic E-state index is 0.139. The summed E-state index contributed by atoms with van der Waals surface area (Å²) in [4.78, 5) is 35.7. The lowest BCUT2D eigenvalue weighted by Crippen LogP contribution is -2.39. The van der Waals surface area contributed by atoms with Crippen molar-refractivity contribution in [2.75, 3.05) is 11.1 Å². The van der Waals surface area contributed by atoms with Crippen LogP contribution in [0.25, 0.3) is 0 Å². The number of carbonyl (C=O) groups is 3. The molecule has 0 spiro atoms. The maximum Gasteiger partial charge on any atom is 0.316 e. The van der Waals surface area contributed by atoms with Crippen molar-refractivity contribution >= 4 is 29.1 Å². The number of hydrogen-bond acceptors (Lipinski definition) is 4. The van der Waals surface area contributed by atoms with E-state index in [9.17, 15) is 14.4 Å². The van der Waals surface area contributed by atoms with E-state index in [0.29, 0.717) is 5.69 Å². The normalized spacial score (nSPS) is 10.0. The summed E-state index contributed by atoms with van der Waals surface area (Å²) in [6, 6.07) is 11.8. The average molecular weight is 311 g/mol. The number of para-hydroxylation sites is 1. The number of rotatable bonds is 2. The van der Waals surface area contributed by atoms with Crippen LogP contribution >= 0.6 is 0 Å². The van der Waals surface area contributed by atoms with Gasteiger partial charge < -0.3 is 11.1 Å². The van der Waals surface area contributed by atoms with Gasteiger partial charge in [0.2, 0.25) is 0 Å². The highest BCUT2D eigenvalue weighted by atomic mass is 16.2. The van der Waals surface area contributed by atoms with Crippen LogP contribution in [0.4, 0.5) is 11.4 Å². The average Bonchev–Trinajstić information content (AvgIpc) is 2.51. The lowest BCUT2D eigenvalue weighted by Gasteiger charge is -2.09. The number of nitrogen functional groups attached to an aromatic ring is 1. The van der Waals surface area contributed by atoms with Gasteiger partial charge in [0.25, 0.3) is 5.91 Å². The third-order valence-electron chi connectivity index (χ3n) is 3.28. The molecular weight excluding hydrogens is 294 g/mol. The van der Waals surface area contributed by atoms with E-state index in [4.69, 9.17) is 5.73 Å². The Labute approximate surface area is 133 Å². The van der Waals surface area contributed by atoms with E-state index in [-0.39, 0.29) is 11.3 Å². The van der Waals surface area contributed by atoms with Crippen LogP contribution in [0.15, 0.2) is 42.5 Å². The van der Waals surface area contributed by atoms with Gasteiger partial charge in [0.1, 0.15) is 0 Å². The number of imide groups is 1. The van der Waals surface area contributed by atoms with Crippen LogP contribution in [0, 0.1) is 13.8 Å². The molecule has 0 radical (unpaired) electrons. The van der Waals surface area contributed by atoms with Crippen molar-refractivity contribution in [2.45, 2.75) is 13.8 Å². The summed E-state index contributed by atoms with van der Waals surface area (Å²) in [5, 5.41) is 4.51. The first-order valence-corrected chi connectivity index (χ1v) is 6.97. The highest BCUT2D eigenvalue weighted by molar-refractivity contribution is 6.42. The lowest BCUT2D eigenvalue weighted by atomic mass is 10.1. The Balaban J connectivity index is 2.06. The molecule has 0 saturated carbocycles. The molecule has 2 aromatic rings. The number of amides is 3. The molecule has 6 heteroatoms. The van der Waals surface area contributed by atoms with E-state index >= 15 is 0 Å². The molecule has 0 unspecified atom stereocenters. The van der Waals surface area contributed by atoms with E-state index in [1.807, 2.05) is 31.3 Å². The van der Waals surface area contributed by atoms with Gasteiger partial charge in [0, 0.05) is 11.4 Å². The van der Waals surface area contributed by atoms with E-state index < -0.39 is 17.7 Å². The SMILES string of the molecule is Cc1ccc(C)c(NC(=O)C(=O)NC(=O)c2ccccc2N)c1. The largest absolute Gasteiger partial charge is 0.398 e. The number of anilines is 2. The number of carbonyl (C=O) groups excluding carboxylic acids is 3. The van der Waals surface area contributed by atoms with Crippen molar-refractivity contribution in [2.24, 2.45) is 0 Å². The fraction of sp³-hybridized carbons (Fsp3) is 0.118. The first kappa shape index (κ1) is 16.2. The highest BCUT2D eigenvalue weighted by Gasteiger charge is 2.19. The Kier molecular flexibility index (Phi) is 4.75. The maximum absolute atomic E-state index is 12.0. The Bertz CT molecular complexity index is 784. The first-order valence-electron chi connectivity index (χ1n) is 6.97. The van der Waals surface area contributed by atoms with Gasteiger partial charge in [0.05, 0.1) is 5.56 Å². The number of nitrogens with two attached hydrogens (primary N) is 1. The maximum atomic E-state index is 12.0. The van der Waals surface area contributed by atoms with E-state index in [2.05, 4.69) is 5.32 Å². The molecule has 6 nitrogen and oxygen atoms in total. The van der Waals surface area contributed by atoms with Crippen LogP contribution in [0.5, 0.6) is 0 Å². The fourth-order valence-electron chi connectivity index (χ4n) is 1.98. The predicted octanol–water partition coefficient (Wildman–Crippen LogP) is 1.78. The monoisotopic (exact) mass is 311 g/mol. The molecule has 0 fully saturated rings. The third-order valence-corrected chi connectivity index (χ3v) is 3.28. The second-order valence-corrected chi connectivity index (χ2v) is 5.14. The molecule has 2 rings (SSSR count). The molecule has 0 saturated heterocycles. The van der Waals surface area contributed by atoms with Gasteiger partial charge in [-0.25, -0.2) is 0 Å². The van der Waals surface area contributed by atoms with E-state index in [0.717, 1.165) is 11.1 Å². The van der Waals surface area contributed by atoms with Gasteiger partial charge in [-0.05, 0) is 43.2 Å². The molecule has 0 heterocycles. The molecule has 0 aliphatic carbocycles. The zero-order valence-corrected chi connectivity index (χ0v) is 12.8. The summed E-state index contributed by atoms with van der Waals surface area (Å²) in [6.07, 6.45) is 0. The van der Waals surface area contributed by atoms with Crippen molar-refractivity contribution in [3.05, 3.63) is 59.2 Å². The molecular formula is C17H17N3O3. The summed E-state index contributed by atoms with van der Waals surface area (Å²) >= 11 is 0. The number of aryl methyl sites for hydroxylation is 2. The quantitative estimate of drug-likeness (QED) is 0.581. The van der Waals surface area contributed by atoms with Gasteiger partial charge in [-0.2, -0.15) is 0 Å². The Morgan fingerprint density at radius 1 is 0.957 bits per heavy atom. The number of nitrogens with one attached hydrogen (secondary N) is 2. The Morgan fingerprint density at radius 2 is 1.65 bits per heavy atom. The molecule has 0 aliphatic heterocycles. The van der Waals surface area contributed by atoms with Crippen LogP contribution < -0.4 is 16.4 Å². The van der Waals surface area contributed by atoms with E-state index in [1.165, 1.54) is 12.1 Å². The molecule has 0 aliphatic rings. The van der Waals surface area contributed by atoms with Crippen molar-refractivity contribution < 1.29 is 14.4 Å². The third kappa shape index (κ3) is 3.94. The van der Waals surface area contributed by atoms with Crippen molar-refractivity contribution in [1.29, 1.82) is 0 Å². The molecule has 0 atom stereocenters. The lowest BCUT2D eigenvalue weighted by molar-refractivity contribution is -0.135. The molecule has 3 amide bonds. The second-order valence-electron chi connectivity index (χ2n) is 5.14. The minimum atomic E-state index is -1.04. The fourth-order valence-corrected chi connectivity index (χ4v) is 1.98.